The molecule has 0 aliphatic rings. The lowest BCUT2D eigenvalue weighted by Crippen LogP contribution is -2.46. The number of hydrogen-bond acceptors (Lipinski definition) is 4. The van der Waals surface area contributed by atoms with Gasteiger partial charge in [-0.15, -0.1) is 0 Å². The lowest BCUT2D eigenvalue weighted by atomic mass is 10.1. The Labute approximate surface area is 145 Å². The Kier molecular flexibility index (Phi) is 15.3. The molecule has 0 bridgehead atoms. The van der Waals surface area contributed by atoms with Gasteiger partial charge in [-0.05, 0) is 40.0 Å². The molecule has 0 N–H and O–H groups in total. The van der Waals surface area contributed by atoms with E-state index in [0.29, 0.717) is 25.1 Å². The molecule has 0 saturated carbocycles. The maximum absolute atomic E-state index is 5.89. The Balaban J connectivity index is 3.98. The normalized spacial score (nSPS) is 13.5. The largest absolute Gasteiger partial charge is 0.500 e. The third-order valence-electron chi connectivity index (χ3n) is 3.75. The van der Waals surface area contributed by atoms with Crippen molar-refractivity contribution in [3.05, 3.63) is 0 Å². The van der Waals surface area contributed by atoms with Gasteiger partial charge in [-0.1, -0.05) is 39.0 Å². The van der Waals surface area contributed by atoms with Gasteiger partial charge in [-0.3, -0.25) is 0 Å². The molecule has 134 valence electrons. The van der Waals surface area contributed by atoms with E-state index in [1.54, 1.807) is 0 Å². The van der Waals surface area contributed by atoms with E-state index in [2.05, 4.69) is 6.92 Å². The smallest absolute Gasteiger partial charge is 0.374 e. The second kappa shape index (κ2) is 15.0. The first-order valence-corrected chi connectivity index (χ1v) is 11.7. The third kappa shape index (κ3) is 11.1. The van der Waals surface area contributed by atoms with Crippen molar-refractivity contribution in [1.82, 2.24) is 0 Å². The lowest BCUT2D eigenvalue weighted by Gasteiger charge is -2.28. The van der Waals surface area contributed by atoms with Gasteiger partial charge >= 0.3 is 8.80 Å². The molecule has 5 heteroatoms. The quantitative estimate of drug-likeness (QED) is 0.227. The fourth-order valence-corrected chi connectivity index (χ4v) is 5.69. The minimum atomic E-state index is -2.45. The summed E-state index contributed by atoms with van der Waals surface area (Å²) in [6, 6.07) is 0.912. The monoisotopic (exact) mass is 350 g/mol. The van der Waals surface area contributed by atoms with Crippen LogP contribution in [0.3, 0.4) is 0 Å². The Bertz CT molecular complexity index is 225. The highest BCUT2D eigenvalue weighted by molar-refractivity contribution is 7.80. The number of rotatable bonds is 16. The van der Waals surface area contributed by atoms with Crippen LogP contribution >= 0.6 is 12.6 Å². The van der Waals surface area contributed by atoms with Crippen LogP contribution in [0.2, 0.25) is 6.04 Å². The van der Waals surface area contributed by atoms with E-state index < -0.39 is 8.80 Å². The van der Waals surface area contributed by atoms with Crippen LogP contribution in [0, 0.1) is 0 Å². The predicted octanol–water partition coefficient (Wildman–Crippen LogP) is 5.47. The van der Waals surface area contributed by atoms with E-state index in [-0.39, 0.29) is 0 Å². The van der Waals surface area contributed by atoms with Crippen molar-refractivity contribution < 1.29 is 13.3 Å². The van der Waals surface area contributed by atoms with E-state index in [0.717, 1.165) is 18.9 Å². The van der Waals surface area contributed by atoms with Gasteiger partial charge in [0.25, 0.3) is 0 Å². The molecular formula is C17H38O3SSi. The molecular weight excluding hydrogens is 312 g/mol. The van der Waals surface area contributed by atoms with Crippen molar-refractivity contribution in [2.75, 3.05) is 19.8 Å². The molecule has 0 radical (unpaired) electrons. The molecule has 22 heavy (non-hydrogen) atoms. The zero-order chi connectivity index (χ0) is 16.7. The summed E-state index contributed by atoms with van der Waals surface area (Å²) in [6.45, 7) is 10.3. The molecule has 0 aromatic rings. The molecule has 1 atom stereocenters. The van der Waals surface area contributed by atoms with Crippen molar-refractivity contribution in [3.8, 4) is 0 Å². The second-order valence-corrected chi connectivity index (χ2v) is 9.19. The van der Waals surface area contributed by atoms with E-state index in [1.165, 1.54) is 38.5 Å². The molecule has 0 amide bonds. The van der Waals surface area contributed by atoms with Crippen molar-refractivity contribution in [3.63, 3.8) is 0 Å². The topological polar surface area (TPSA) is 27.7 Å². The minimum absolute atomic E-state index is 0.498. The van der Waals surface area contributed by atoms with Crippen LogP contribution in [0.25, 0.3) is 0 Å². The first kappa shape index (κ1) is 22.4. The summed E-state index contributed by atoms with van der Waals surface area (Å²) < 4.78 is 17.7. The molecule has 0 aliphatic carbocycles. The van der Waals surface area contributed by atoms with Crippen molar-refractivity contribution in [1.29, 1.82) is 0 Å². The molecule has 0 aliphatic heterocycles. The summed E-state index contributed by atoms with van der Waals surface area (Å²) in [5.41, 5.74) is 0. The van der Waals surface area contributed by atoms with Crippen molar-refractivity contribution in [2.24, 2.45) is 0 Å². The third-order valence-corrected chi connectivity index (χ3v) is 7.42. The first-order valence-electron chi connectivity index (χ1n) is 9.24. The summed E-state index contributed by atoms with van der Waals surface area (Å²) >= 11 is 4.73. The SMILES string of the molecule is CCCCCCCC(S)CCC[Si](OCC)(OCC)OCC. The first-order chi connectivity index (χ1) is 10.6. The van der Waals surface area contributed by atoms with Gasteiger partial charge in [0.2, 0.25) is 0 Å². The lowest BCUT2D eigenvalue weighted by molar-refractivity contribution is 0.0707. The van der Waals surface area contributed by atoms with Crippen LogP contribution in [-0.2, 0) is 13.3 Å². The van der Waals surface area contributed by atoms with Gasteiger partial charge in [0.1, 0.15) is 0 Å². The molecule has 0 heterocycles. The number of thiol groups is 1. The Hall–Kier alpha value is 0.447. The highest BCUT2D eigenvalue weighted by Crippen LogP contribution is 2.22. The summed E-state index contributed by atoms with van der Waals surface area (Å²) in [6.07, 6.45) is 10.1. The van der Waals surface area contributed by atoms with Crippen LogP contribution in [0.4, 0.5) is 0 Å². The van der Waals surface area contributed by atoms with E-state index in [1.807, 2.05) is 20.8 Å². The Morgan fingerprint density at radius 3 is 1.73 bits per heavy atom. The van der Waals surface area contributed by atoms with E-state index >= 15 is 0 Å². The molecule has 1 unspecified atom stereocenters. The fourth-order valence-electron chi connectivity index (χ4n) is 2.68. The van der Waals surface area contributed by atoms with E-state index in [9.17, 15) is 0 Å². The van der Waals surface area contributed by atoms with Gasteiger partial charge in [0, 0.05) is 31.1 Å². The van der Waals surface area contributed by atoms with Crippen LogP contribution in [-0.4, -0.2) is 33.9 Å². The summed E-state index contributed by atoms with van der Waals surface area (Å²) in [5, 5.41) is 0.498. The molecule has 0 fully saturated rings. The van der Waals surface area contributed by atoms with Gasteiger partial charge in [-0.25, -0.2) is 0 Å². The van der Waals surface area contributed by atoms with E-state index in [4.69, 9.17) is 25.9 Å². The van der Waals surface area contributed by atoms with Crippen LogP contribution < -0.4 is 0 Å². The maximum atomic E-state index is 5.89. The maximum Gasteiger partial charge on any atom is 0.500 e. The number of hydrogen-bond donors (Lipinski definition) is 1. The summed E-state index contributed by atoms with van der Waals surface area (Å²) in [7, 11) is -2.45. The Morgan fingerprint density at radius 2 is 1.23 bits per heavy atom. The highest BCUT2D eigenvalue weighted by Gasteiger charge is 2.39. The molecule has 3 nitrogen and oxygen atoms in total. The molecule has 0 rings (SSSR count). The highest BCUT2D eigenvalue weighted by atomic mass is 32.1. The molecule has 0 aromatic heterocycles. The molecule has 0 aromatic carbocycles. The van der Waals surface area contributed by atoms with Crippen LogP contribution in [0.5, 0.6) is 0 Å². The Morgan fingerprint density at radius 1 is 0.727 bits per heavy atom. The van der Waals surface area contributed by atoms with Crippen molar-refractivity contribution >= 4 is 21.4 Å². The molecule has 0 saturated heterocycles. The van der Waals surface area contributed by atoms with Gasteiger partial charge in [0.05, 0.1) is 0 Å². The van der Waals surface area contributed by atoms with Crippen LogP contribution in [0.15, 0.2) is 0 Å². The average Bonchev–Trinajstić information content (AvgIpc) is 2.48. The van der Waals surface area contributed by atoms with Crippen LogP contribution in [0.1, 0.15) is 79.1 Å². The zero-order valence-electron chi connectivity index (χ0n) is 15.2. The summed E-state index contributed by atoms with van der Waals surface area (Å²) in [4.78, 5) is 0. The van der Waals surface area contributed by atoms with Crippen molar-refractivity contribution in [2.45, 2.75) is 90.4 Å². The van der Waals surface area contributed by atoms with Gasteiger partial charge in [0.15, 0.2) is 0 Å². The summed E-state index contributed by atoms with van der Waals surface area (Å²) in [5.74, 6) is 0. The fraction of sp³-hybridized carbons (Fsp3) is 1.00. The minimum Gasteiger partial charge on any atom is -0.374 e. The van der Waals surface area contributed by atoms with Gasteiger partial charge in [-0.2, -0.15) is 12.6 Å². The number of unbranched alkanes of at least 4 members (excludes halogenated alkanes) is 4. The van der Waals surface area contributed by atoms with Gasteiger partial charge < -0.3 is 13.3 Å². The molecule has 0 spiro atoms. The standard InChI is InChI=1S/C17H38O3SSi/c1-5-9-10-11-12-14-17(21)15-13-16-22(18-6-2,19-7-3)20-8-4/h17,21H,5-16H2,1-4H3. The average molecular weight is 351 g/mol. The second-order valence-electron chi connectivity index (χ2n) is 5.73. The zero-order valence-corrected chi connectivity index (χ0v) is 17.1. The predicted molar refractivity (Wildman–Crippen MR) is 101 cm³/mol.